The van der Waals surface area contributed by atoms with E-state index in [9.17, 15) is 4.79 Å². The molecule has 1 heterocycles. The summed E-state index contributed by atoms with van der Waals surface area (Å²) in [6.45, 7) is 3.14. The van der Waals surface area contributed by atoms with Gasteiger partial charge in [0.1, 0.15) is 0 Å². The first-order valence-corrected chi connectivity index (χ1v) is 7.57. The van der Waals surface area contributed by atoms with Crippen molar-refractivity contribution in [1.29, 1.82) is 0 Å². The molecule has 2 rings (SSSR count). The zero-order valence-corrected chi connectivity index (χ0v) is 11.6. The van der Waals surface area contributed by atoms with Crippen LogP contribution in [0.2, 0.25) is 0 Å². The Morgan fingerprint density at radius 3 is 3.00 bits per heavy atom. The van der Waals surface area contributed by atoms with Crippen LogP contribution in [-0.2, 0) is 6.54 Å². The first kappa shape index (κ1) is 13.6. The van der Waals surface area contributed by atoms with E-state index in [1.165, 1.54) is 43.4 Å². The second-order valence-electron chi connectivity index (χ2n) is 5.30. The Kier molecular flexibility index (Phi) is 4.78. The van der Waals surface area contributed by atoms with Gasteiger partial charge < -0.3 is 10.4 Å². The third kappa shape index (κ3) is 3.82. The molecule has 100 valence electrons. The summed E-state index contributed by atoms with van der Waals surface area (Å²) in [5.74, 6) is 0.0259. The topological polar surface area (TPSA) is 49.3 Å². The number of carbonyl (C=O) groups is 1. The van der Waals surface area contributed by atoms with Gasteiger partial charge in [0.25, 0.3) is 0 Å². The zero-order chi connectivity index (χ0) is 13.0. The van der Waals surface area contributed by atoms with Crippen LogP contribution in [0.1, 0.15) is 54.3 Å². The average molecular weight is 267 g/mol. The summed E-state index contributed by atoms with van der Waals surface area (Å²) in [7, 11) is 0. The summed E-state index contributed by atoms with van der Waals surface area (Å²) in [6.07, 6.45) is 6.46. The Balaban J connectivity index is 1.81. The molecule has 2 unspecified atom stereocenters. The quantitative estimate of drug-likeness (QED) is 0.821. The lowest BCUT2D eigenvalue weighted by atomic mass is 10.0. The van der Waals surface area contributed by atoms with Crippen LogP contribution in [0.4, 0.5) is 0 Å². The maximum absolute atomic E-state index is 10.8. The minimum Gasteiger partial charge on any atom is -0.478 e. The number of hydrogen-bond acceptors (Lipinski definition) is 3. The molecule has 0 radical (unpaired) electrons. The second-order valence-corrected chi connectivity index (χ2v) is 6.29. The van der Waals surface area contributed by atoms with Crippen molar-refractivity contribution in [3.05, 3.63) is 21.9 Å². The lowest BCUT2D eigenvalue weighted by molar-refractivity contribution is 0.0697. The first-order valence-electron chi connectivity index (χ1n) is 6.69. The van der Waals surface area contributed by atoms with Crippen molar-refractivity contribution in [2.75, 3.05) is 0 Å². The summed E-state index contributed by atoms with van der Waals surface area (Å²) in [6, 6.07) is 2.38. The second kappa shape index (κ2) is 6.34. The Morgan fingerprint density at radius 1 is 1.44 bits per heavy atom. The van der Waals surface area contributed by atoms with E-state index in [0.717, 1.165) is 17.3 Å². The maximum atomic E-state index is 10.8. The van der Waals surface area contributed by atoms with E-state index in [-0.39, 0.29) is 0 Å². The van der Waals surface area contributed by atoms with Gasteiger partial charge in [-0.15, -0.1) is 11.3 Å². The largest absolute Gasteiger partial charge is 0.478 e. The summed E-state index contributed by atoms with van der Waals surface area (Å²) < 4.78 is 0. The number of carboxylic acid groups (broad SMARTS) is 1. The normalized spacial score (nSPS) is 24.7. The van der Waals surface area contributed by atoms with Gasteiger partial charge in [0.05, 0.1) is 5.56 Å². The molecule has 1 aromatic rings. The van der Waals surface area contributed by atoms with Crippen molar-refractivity contribution >= 4 is 17.3 Å². The van der Waals surface area contributed by atoms with E-state index in [1.807, 2.05) is 0 Å². The molecule has 1 aliphatic carbocycles. The van der Waals surface area contributed by atoms with E-state index in [0.29, 0.717) is 11.6 Å². The predicted octanol–water partition coefficient (Wildman–Crippen LogP) is 3.50. The molecule has 1 aromatic heterocycles. The molecule has 1 aliphatic rings. The van der Waals surface area contributed by atoms with Crippen molar-refractivity contribution in [1.82, 2.24) is 5.32 Å². The van der Waals surface area contributed by atoms with Crippen LogP contribution in [0.3, 0.4) is 0 Å². The molecule has 1 fully saturated rings. The van der Waals surface area contributed by atoms with Gasteiger partial charge in [-0.05, 0) is 31.2 Å². The number of carboxylic acids is 1. The highest BCUT2D eigenvalue weighted by Crippen LogP contribution is 2.23. The van der Waals surface area contributed by atoms with E-state index in [2.05, 4.69) is 12.2 Å². The van der Waals surface area contributed by atoms with E-state index < -0.39 is 5.97 Å². The summed E-state index contributed by atoms with van der Waals surface area (Å²) in [5, 5.41) is 14.2. The van der Waals surface area contributed by atoms with Gasteiger partial charge in [0.2, 0.25) is 0 Å². The lowest BCUT2D eigenvalue weighted by Crippen LogP contribution is -2.27. The molecule has 0 spiro atoms. The van der Waals surface area contributed by atoms with Crippen LogP contribution in [0.25, 0.3) is 0 Å². The van der Waals surface area contributed by atoms with Crippen LogP contribution in [0, 0.1) is 5.92 Å². The number of hydrogen-bond donors (Lipinski definition) is 2. The van der Waals surface area contributed by atoms with Crippen molar-refractivity contribution in [3.63, 3.8) is 0 Å². The number of rotatable bonds is 4. The Labute approximate surface area is 112 Å². The van der Waals surface area contributed by atoms with Crippen LogP contribution in [0.15, 0.2) is 11.4 Å². The Bertz CT molecular complexity index is 402. The van der Waals surface area contributed by atoms with Gasteiger partial charge in [-0.3, -0.25) is 0 Å². The number of nitrogens with one attached hydrogen (secondary N) is 1. The molecule has 0 bridgehead atoms. The van der Waals surface area contributed by atoms with Gasteiger partial charge >= 0.3 is 5.97 Å². The van der Waals surface area contributed by atoms with Crippen molar-refractivity contribution < 1.29 is 9.90 Å². The summed E-state index contributed by atoms with van der Waals surface area (Å²) in [4.78, 5) is 11.9. The molecule has 4 heteroatoms. The van der Waals surface area contributed by atoms with Gasteiger partial charge in [0.15, 0.2) is 0 Å². The summed E-state index contributed by atoms with van der Waals surface area (Å²) >= 11 is 1.53. The molecular formula is C14H21NO2S. The highest BCUT2D eigenvalue weighted by Gasteiger charge is 2.16. The fraction of sp³-hybridized carbons (Fsp3) is 0.643. The van der Waals surface area contributed by atoms with E-state index in [1.54, 1.807) is 11.4 Å². The predicted molar refractivity (Wildman–Crippen MR) is 74.2 cm³/mol. The van der Waals surface area contributed by atoms with Crippen LogP contribution in [-0.4, -0.2) is 17.1 Å². The molecular weight excluding hydrogens is 246 g/mol. The van der Waals surface area contributed by atoms with E-state index in [4.69, 9.17) is 5.11 Å². The molecule has 0 saturated heterocycles. The molecule has 2 atom stereocenters. The number of aromatic carboxylic acids is 1. The fourth-order valence-electron chi connectivity index (χ4n) is 2.52. The maximum Gasteiger partial charge on any atom is 0.336 e. The SMILES string of the molecule is CC1CCCC(NCc2cc(C(=O)O)cs2)CC1. The van der Waals surface area contributed by atoms with Crippen molar-refractivity contribution in [3.8, 4) is 0 Å². The smallest absolute Gasteiger partial charge is 0.336 e. The Hall–Kier alpha value is -0.870. The monoisotopic (exact) mass is 267 g/mol. The molecule has 1 saturated carbocycles. The van der Waals surface area contributed by atoms with Crippen LogP contribution in [0.5, 0.6) is 0 Å². The molecule has 0 aliphatic heterocycles. The van der Waals surface area contributed by atoms with Crippen molar-refractivity contribution in [2.24, 2.45) is 5.92 Å². The van der Waals surface area contributed by atoms with Gasteiger partial charge in [-0.2, -0.15) is 0 Å². The van der Waals surface area contributed by atoms with Crippen LogP contribution < -0.4 is 5.32 Å². The fourth-order valence-corrected chi connectivity index (χ4v) is 3.33. The third-order valence-electron chi connectivity index (χ3n) is 3.72. The molecule has 2 N–H and O–H groups in total. The minimum absolute atomic E-state index is 0.409. The van der Waals surface area contributed by atoms with Crippen molar-refractivity contribution in [2.45, 2.75) is 51.6 Å². The minimum atomic E-state index is -0.833. The molecule has 0 aromatic carbocycles. The molecule has 3 nitrogen and oxygen atoms in total. The third-order valence-corrected chi connectivity index (χ3v) is 4.66. The highest BCUT2D eigenvalue weighted by molar-refractivity contribution is 7.10. The molecule has 0 amide bonds. The Morgan fingerprint density at radius 2 is 2.28 bits per heavy atom. The van der Waals surface area contributed by atoms with Crippen LogP contribution >= 0.6 is 11.3 Å². The molecule has 18 heavy (non-hydrogen) atoms. The highest BCUT2D eigenvalue weighted by atomic mass is 32.1. The van der Waals surface area contributed by atoms with Gasteiger partial charge in [0, 0.05) is 22.8 Å². The van der Waals surface area contributed by atoms with E-state index >= 15 is 0 Å². The number of thiophene rings is 1. The lowest BCUT2D eigenvalue weighted by Gasteiger charge is -2.15. The average Bonchev–Trinajstić information content (AvgIpc) is 2.72. The zero-order valence-electron chi connectivity index (χ0n) is 10.8. The standard InChI is InChI=1S/C14H21NO2S/c1-10-3-2-4-12(6-5-10)15-8-13-7-11(9-18-13)14(16)17/h7,9-10,12,15H,2-6,8H2,1H3,(H,16,17). The summed E-state index contributed by atoms with van der Waals surface area (Å²) in [5.41, 5.74) is 0.409. The first-order chi connectivity index (χ1) is 8.65. The van der Waals surface area contributed by atoms with Gasteiger partial charge in [-0.25, -0.2) is 4.79 Å². The van der Waals surface area contributed by atoms with Gasteiger partial charge in [-0.1, -0.05) is 19.8 Å².